The highest BCUT2D eigenvalue weighted by Gasteiger charge is 2.33. The van der Waals surface area contributed by atoms with Crippen molar-refractivity contribution >= 4 is 16.9 Å². The molecule has 0 aliphatic carbocycles. The summed E-state index contributed by atoms with van der Waals surface area (Å²) in [5, 5.41) is 8.79. The molecular formula is C16H17N5O. The van der Waals surface area contributed by atoms with Crippen LogP contribution >= 0.6 is 0 Å². The second-order valence-corrected chi connectivity index (χ2v) is 6.01. The highest BCUT2D eigenvalue weighted by atomic mass is 16.5. The van der Waals surface area contributed by atoms with Crippen molar-refractivity contribution in [3.05, 3.63) is 42.9 Å². The monoisotopic (exact) mass is 295 g/mol. The largest absolute Gasteiger partial charge is 0.380 e. The third-order valence-corrected chi connectivity index (χ3v) is 3.95. The second kappa shape index (κ2) is 5.06. The molecule has 6 heteroatoms. The summed E-state index contributed by atoms with van der Waals surface area (Å²) < 4.78 is 7.12. The van der Waals surface area contributed by atoms with E-state index in [9.17, 15) is 0 Å². The van der Waals surface area contributed by atoms with Crippen LogP contribution in [0.3, 0.4) is 0 Å². The first-order valence-electron chi connectivity index (χ1n) is 7.31. The van der Waals surface area contributed by atoms with Crippen LogP contribution < -0.4 is 5.32 Å². The first-order valence-corrected chi connectivity index (χ1v) is 7.31. The molecule has 3 heterocycles. The summed E-state index contributed by atoms with van der Waals surface area (Å²) in [6.07, 6.45) is 3.38. The maximum Gasteiger partial charge on any atom is 0.168 e. The highest BCUT2D eigenvalue weighted by molar-refractivity contribution is 5.87. The summed E-state index contributed by atoms with van der Waals surface area (Å²) in [7, 11) is 0. The molecule has 1 fully saturated rings. The van der Waals surface area contributed by atoms with Gasteiger partial charge in [0, 0.05) is 12.0 Å². The van der Waals surface area contributed by atoms with Gasteiger partial charge in [-0.1, -0.05) is 25.1 Å². The Morgan fingerprint density at radius 2 is 2.05 bits per heavy atom. The van der Waals surface area contributed by atoms with Crippen LogP contribution in [0.25, 0.3) is 16.7 Å². The van der Waals surface area contributed by atoms with Gasteiger partial charge in [-0.15, -0.1) is 0 Å². The summed E-state index contributed by atoms with van der Waals surface area (Å²) in [5.74, 6) is 0.820. The zero-order valence-electron chi connectivity index (χ0n) is 12.4. The van der Waals surface area contributed by atoms with E-state index in [0.717, 1.165) is 42.3 Å². The number of fused-ring (bicyclic) bond motifs is 1. The molecule has 2 aromatic heterocycles. The number of hydrogen-bond acceptors (Lipinski definition) is 5. The Morgan fingerprint density at radius 1 is 1.23 bits per heavy atom. The zero-order chi connectivity index (χ0) is 15.0. The molecule has 0 radical (unpaired) electrons. The SMILES string of the molecule is CC1(CNc2ncnc3c2cnn3-c2ccccc2)COC1. The molecule has 1 aliphatic heterocycles. The third-order valence-electron chi connectivity index (χ3n) is 3.95. The van der Waals surface area contributed by atoms with Gasteiger partial charge in [0.15, 0.2) is 5.65 Å². The molecule has 22 heavy (non-hydrogen) atoms. The van der Waals surface area contributed by atoms with Gasteiger partial charge in [-0.05, 0) is 12.1 Å². The Labute approximate surface area is 128 Å². The molecule has 3 aromatic rings. The van der Waals surface area contributed by atoms with Crippen molar-refractivity contribution in [1.29, 1.82) is 0 Å². The van der Waals surface area contributed by atoms with E-state index in [1.54, 1.807) is 6.33 Å². The van der Waals surface area contributed by atoms with Crippen LogP contribution in [0.5, 0.6) is 0 Å². The van der Waals surface area contributed by atoms with Crippen molar-refractivity contribution < 1.29 is 4.74 Å². The Kier molecular flexibility index (Phi) is 3.04. The Bertz CT molecular complexity index is 795. The first kappa shape index (κ1) is 13.2. The van der Waals surface area contributed by atoms with Gasteiger partial charge >= 0.3 is 0 Å². The van der Waals surface area contributed by atoms with Gasteiger partial charge in [-0.3, -0.25) is 0 Å². The quantitative estimate of drug-likeness (QED) is 0.800. The summed E-state index contributed by atoms with van der Waals surface area (Å²) in [6, 6.07) is 9.97. The van der Waals surface area contributed by atoms with E-state index >= 15 is 0 Å². The molecule has 112 valence electrons. The molecule has 1 aromatic carbocycles. The fraction of sp³-hybridized carbons (Fsp3) is 0.312. The van der Waals surface area contributed by atoms with Gasteiger partial charge in [0.25, 0.3) is 0 Å². The lowest BCUT2D eigenvalue weighted by atomic mass is 9.89. The number of nitrogens with one attached hydrogen (secondary N) is 1. The number of benzene rings is 1. The van der Waals surface area contributed by atoms with Crippen LogP contribution in [-0.2, 0) is 4.74 Å². The zero-order valence-corrected chi connectivity index (χ0v) is 12.4. The van der Waals surface area contributed by atoms with Crippen LogP contribution in [0, 0.1) is 5.41 Å². The van der Waals surface area contributed by atoms with E-state index in [4.69, 9.17) is 4.74 Å². The summed E-state index contributed by atoms with van der Waals surface area (Å²) in [4.78, 5) is 8.74. The number of aromatic nitrogens is 4. The Morgan fingerprint density at radius 3 is 2.77 bits per heavy atom. The number of ether oxygens (including phenoxy) is 1. The second-order valence-electron chi connectivity index (χ2n) is 6.01. The number of nitrogens with zero attached hydrogens (tertiary/aromatic N) is 4. The minimum absolute atomic E-state index is 0.187. The summed E-state index contributed by atoms with van der Waals surface area (Å²) in [6.45, 7) is 4.61. The fourth-order valence-corrected chi connectivity index (χ4v) is 2.59. The normalized spacial score (nSPS) is 16.4. The maximum absolute atomic E-state index is 5.29. The third kappa shape index (κ3) is 2.21. The average molecular weight is 295 g/mol. The predicted molar refractivity (Wildman–Crippen MR) is 84.1 cm³/mol. The van der Waals surface area contributed by atoms with E-state index in [-0.39, 0.29) is 5.41 Å². The molecule has 0 atom stereocenters. The van der Waals surface area contributed by atoms with Crippen LogP contribution in [0.1, 0.15) is 6.92 Å². The number of para-hydroxylation sites is 1. The molecule has 0 bridgehead atoms. The molecule has 1 N–H and O–H groups in total. The van der Waals surface area contributed by atoms with E-state index in [2.05, 4.69) is 27.3 Å². The number of rotatable bonds is 4. The maximum atomic E-state index is 5.29. The molecule has 0 amide bonds. The standard InChI is InChI=1S/C16H17N5O/c1-16(9-22-10-16)8-17-14-13-7-20-21(15(13)19-11-18-14)12-5-3-2-4-6-12/h2-7,11H,8-10H2,1H3,(H,17,18,19). The van der Waals surface area contributed by atoms with Gasteiger partial charge in [0.1, 0.15) is 12.1 Å². The van der Waals surface area contributed by atoms with Crippen molar-refractivity contribution in [3.8, 4) is 5.69 Å². The van der Waals surface area contributed by atoms with Crippen LogP contribution in [0.2, 0.25) is 0 Å². The van der Waals surface area contributed by atoms with Crippen LogP contribution in [0.15, 0.2) is 42.9 Å². The summed E-state index contributed by atoms with van der Waals surface area (Å²) >= 11 is 0. The predicted octanol–water partition coefficient (Wildman–Crippen LogP) is 2.26. The van der Waals surface area contributed by atoms with Gasteiger partial charge < -0.3 is 10.1 Å². The lowest BCUT2D eigenvalue weighted by Crippen LogP contribution is -2.45. The Hall–Kier alpha value is -2.47. The molecule has 1 saturated heterocycles. The van der Waals surface area contributed by atoms with Crippen molar-refractivity contribution in [2.24, 2.45) is 5.41 Å². The van der Waals surface area contributed by atoms with Gasteiger partial charge in [0.2, 0.25) is 0 Å². The summed E-state index contributed by atoms with van der Waals surface area (Å²) in [5.41, 5.74) is 1.98. The highest BCUT2D eigenvalue weighted by Crippen LogP contribution is 2.28. The molecular weight excluding hydrogens is 278 g/mol. The topological polar surface area (TPSA) is 64.9 Å². The van der Waals surface area contributed by atoms with Gasteiger partial charge in [0.05, 0.1) is 30.5 Å². The average Bonchev–Trinajstić information content (AvgIpc) is 2.96. The smallest absolute Gasteiger partial charge is 0.168 e. The molecule has 1 aliphatic rings. The molecule has 0 spiro atoms. The number of anilines is 1. The minimum Gasteiger partial charge on any atom is -0.380 e. The molecule has 4 rings (SSSR count). The van der Waals surface area contributed by atoms with Crippen molar-refractivity contribution in [2.75, 3.05) is 25.1 Å². The van der Waals surface area contributed by atoms with Crippen molar-refractivity contribution in [3.63, 3.8) is 0 Å². The fourth-order valence-electron chi connectivity index (χ4n) is 2.59. The van der Waals surface area contributed by atoms with Crippen molar-refractivity contribution in [1.82, 2.24) is 19.7 Å². The van der Waals surface area contributed by atoms with E-state index < -0.39 is 0 Å². The van der Waals surface area contributed by atoms with E-state index in [1.165, 1.54) is 0 Å². The van der Waals surface area contributed by atoms with Crippen molar-refractivity contribution in [2.45, 2.75) is 6.92 Å². The van der Waals surface area contributed by atoms with E-state index in [1.807, 2.05) is 41.2 Å². The molecule has 0 saturated carbocycles. The lowest BCUT2D eigenvalue weighted by molar-refractivity contribution is -0.0924. The molecule has 0 unspecified atom stereocenters. The van der Waals surface area contributed by atoms with Crippen LogP contribution in [-0.4, -0.2) is 39.5 Å². The minimum atomic E-state index is 0.187. The van der Waals surface area contributed by atoms with Gasteiger partial charge in [-0.25, -0.2) is 14.6 Å². The van der Waals surface area contributed by atoms with Gasteiger partial charge in [-0.2, -0.15) is 5.10 Å². The van der Waals surface area contributed by atoms with Crippen LogP contribution in [0.4, 0.5) is 5.82 Å². The number of hydrogen-bond donors (Lipinski definition) is 1. The Balaban J connectivity index is 1.68. The molecule has 6 nitrogen and oxygen atoms in total. The first-order chi connectivity index (χ1) is 10.8. The lowest BCUT2D eigenvalue weighted by Gasteiger charge is -2.38. The van der Waals surface area contributed by atoms with E-state index in [0.29, 0.717) is 0 Å².